The number of carbonyl (C=O) groups excluding carboxylic acids is 1. The zero-order chi connectivity index (χ0) is 29.7. The van der Waals surface area contributed by atoms with E-state index in [0.29, 0.717) is 35.8 Å². The number of rotatable bonds is 6. The number of sulfone groups is 2. The largest absolute Gasteiger partial charge is 0.489 e. The summed E-state index contributed by atoms with van der Waals surface area (Å²) in [6.07, 6.45) is 1.63. The standard InChI is InChI=1S/C31H31ClFNO6S2/c32-24-3-1-2-21(18-24)20-40-26-7-10-28-23(19-26)4-11-29-31(28,42(38,39)27-8-5-25(33)6-9-27)14-15-34(29)30(35)22-12-16-41(36,37)17-13-22/h1-3,5-10,18-19,22,29H,4,11-17,20H2/t29-,31-/m1/s1. The molecule has 3 aromatic carbocycles. The zero-order valence-corrected chi connectivity index (χ0v) is 25.2. The summed E-state index contributed by atoms with van der Waals surface area (Å²) in [7, 11) is -7.25. The van der Waals surface area contributed by atoms with Gasteiger partial charge in [0.15, 0.2) is 9.84 Å². The normalized spacial score (nSPS) is 23.7. The van der Waals surface area contributed by atoms with Gasteiger partial charge in [0.25, 0.3) is 0 Å². The number of likely N-dealkylation sites (tertiary alicyclic amines) is 1. The monoisotopic (exact) mass is 631 g/mol. The van der Waals surface area contributed by atoms with E-state index in [9.17, 15) is 26.0 Å². The third-order valence-corrected chi connectivity index (χ3v) is 13.4. The van der Waals surface area contributed by atoms with Crippen LogP contribution < -0.4 is 4.74 Å². The van der Waals surface area contributed by atoms with Crippen LogP contribution in [-0.2, 0) is 42.2 Å². The molecule has 0 spiro atoms. The molecular weight excluding hydrogens is 601 g/mol. The van der Waals surface area contributed by atoms with Gasteiger partial charge >= 0.3 is 0 Å². The number of hydrogen-bond acceptors (Lipinski definition) is 6. The third-order valence-electron chi connectivity index (χ3n) is 8.94. The molecule has 11 heteroatoms. The quantitative estimate of drug-likeness (QED) is 0.351. The lowest BCUT2D eigenvalue weighted by Gasteiger charge is -2.43. The number of benzene rings is 3. The first-order valence-electron chi connectivity index (χ1n) is 14.0. The van der Waals surface area contributed by atoms with Crippen molar-refractivity contribution >= 4 is 37.2 Å². The third kappa shape index (κ3) is 5.11. The van der Waals surface area contributed by atoms with Crippen molar-refractivity contribution in [1.29, 1.82) is 0 Å². The van der Waals surface area contributed by atoms with Crippen molar-refractivity contribution in [3.05, 3.63) is 94.3 Å². The van der Waals surface area contributed by atoms with E-state index < -0.39 is 42.2 Å². The van der Waals surface area contributed by atoms with Crippen molar-refractivity contribution in [2.75, 3.05) is 18.1 Å². The van der Waals surface area contributed by atoms with E-state index >= 15 is 0 Å². The summed E-state index contributed by atoms with van der Waals surface area (Å²) in [6, 6.07) is 17.0. The van der Waals surface area contributed by atoms with Gasteiger partial charge in [-0.05, 0) is 97.3 Å². The SMILES string of the molecule is O=C(C1CCS(=O)(=O)CC1)N1CC[C@@]2(S(=O)(=O)c3ccc(F)cc3)c3ccc(OCc4cccc(Cl)c4)cc3CC[C@@H]12. The van der Waals surface area contributed by atoms with Gasteiger partial charge in [0.1, 0.15) is 32.8 Å². The van der Waals surface area contributed by atoms with Gasteiger partial charge in [-0.1, -0.05) is 29.8 Å². The van der Waals surface area contributed by atoms with E-state index in [-0.39, 0.29) is 48.1 Å². The van der Waals surface area contributed by atoms with Gasteiger partial charge < -0.3 is 9.64 Å². The van der Waals surface area contributed by atoms with Crippen molar-refractivity contribution in [3.63, 3.8) is 0 Å². The van der Waals surface area contributed by atoms with Gasteiger partial charge in [-0.3, -0.25) is 4.79 Å². The first-order chi connectivity index (χ1) is 20.0. The average Bonchev–Trinajstić information content (AvgIpc) is 3.38. The Morgan fingerprint density at radius 2 is 1.76 bits per heavy atom. The van der Waals surface area contributed by atoms with Crippen LogP contribution in [0, 0.1) is 11.7 Å². The number of halogens is 2. The Balaban J connectivity index is 1.37. The molecule has 222 valence electrons. The molecule has 0 saturated carbocycles. The Labute approximate surface area is 250 Å². The Bertz CT molecular complexity index is 1730. The number of aryl methyl sites for hydroxylation is 1. The highest BCUT2D eigenvalue weighted by molar-refractivity contribution is 7.92. The predicted octanol–water partition coefficient (Wildman–Crippen LogP) is 5.10. The molecule has 2 fully saturated rings. The second-order valence-electron chi connectivity index (χ2n) is 11.3. The molecule has 3 aliphatic rings. The van der Waals surface area contributed by atoms with E-state index in [0.717, 1.165) is 23.3 Å². The molecule has 0 unspecified atom stereocenters. The molecule has 2 heterocycles. The Morgan fingerprint density at radius 3 is 2.48 bits per heavy atom. The van der Waals surface area contributed by atoms with Gasteiger partial charge in [-0.15, -0.1) is 0 Å². The number of hydrogen-bond donors (Lipinski definition) is 0. The minimum absolute atomic E-state index is 0.00101. The Hall–Kier alpha value is -2.95. The van der Waals surface area contributed by atoms with Crippen LogP contribution in [0.15, 0.2) is 71.6 Å². The van der Waals surface area contributed by atoms with Gasteiger partial charge in [-0.25, -0.2) is 21.2 Å². The second kappa shape index (κ2) is 11.0. The van der Waals surface area contributed by atoms with Crippen LogP contribution in [0.3, 0.4) is 0 Å². The topological polar surface area (TPSA) is 97.8 Å². The lowest BCUT2D eigenvalue weighted by molar-refractivity contribution is -0.137. The summed E-state index contributed by atoms with van der Waals surface area (Å²) in [5.41, 5.74) is 2.36. The number of amides is 1. The Kier molecular flexibility index (Phi) is 7.60. The molecule has 42 heavy (non-hydrogen) atoms. The summed E-state index contributed by atoms with van der Waals surface area (Å²) >= 11 is 6.10. The maximum atomic E-state index is 14.5. The molecule has 2 aliphatic heterocycles. The fraction of sp³-hybridized carbons (Fsp3) is 0.387. The average molecular weight is 632 g/mol. The van der Waals surface area contributed by atoms with Crippen molar-refractivity contribution in [2.45, 2.75) is 54.4 Å². The Morgan fingerprint density at radius 1 is 1.02 bits per heavy atom. The maximum Gasteiger partial charge on any atom is 0.226 e. The molecule has 2 saturated heterocycles. The highest BCUT2D eigenvalue weighted by atomic mass is 35.5. The van der Waals surface area contributed by atoms with E-state index in [2.05, 4.69) is 0 Å². The molecule has 3 aromatic rings. The number of fused-ring (bicyclic) bond motifs is 3. The molecule has 0 bridgehead atoms. The van der Waals surface area contributed by atoms with E-state index in [1.165, 1.54) is 12.1 Å². The molecular formula is C31H31ClFNO6S2. The highest BCUT2D eigenvalue weighted by Gasteiger charge is 2.61. The number of carbonyl (C=O) groups is 1. The molecule has 0 radical (unpaired) electrons. The van der Waals surface area contributed by atoms with Gasteiger partial charge in [-0.2, -0.15) is 0 Å². The summed E-state index contributed by atoms with van der Waals surface area (Å²) in [5, 5.41) is 0.607. The van der Waals surface area contributed by atoms with E-state index in [1.54, 1.807) is 23.1 Å². The maximum absolute atomic E-state index is 14.5. The second-order valence-corrected chi connectivity index (χ2v) is 16.3. The number of ether oxygens (including phenoxy) is 1. The van der Waals surface area contributed by atoms with Crippen molar-refractivity contribution < 1.29 is 30.8 Å². The summed E-state index contributed by atoms with van der Waals surface area (Å²) in [6.45, 7) is 0.528. The molecule has 6 rings (SSSR count). The minimum Gasteiger partial charge on any atom is -0.489 e. The minimum atomic E-state index is -4.09. The van der Waals surface area contributed by atoms with Crippen LogP contribution in [-0.4, -0.2) is 51.7 Å². The van der Waals surface area contributed by atoms with Crippen LogP contribution in [0.5, 0.6) is 5.75 Å². The van der Waals surface area contributed by atoms with Crippen LogP contribution in [0.2, 0.25) is 5.02 Å². The van der Waals surface area contributed by atoms with Crippen LogP contribution >= 0.6 is 11.6 Å². The van der Waals surface area contributed by atoms with Gasteiger partial charge in [0.2, 0.25) is 5.91 Å². The number of nitrogens with zero attached hydrogens (tertiary/aromatic N) is 1. The predicted molar refractivity (Wildman–Crippen MR) is 157 cm³/mol. The van der Waals surface area contributed by atoms with Crippen LogP contribution in [0.25, 0.3) is 0 Å². The fourth-order valence-corrected chi connectivity index (χ4v) is 10.9. The van der Waals surface area contributed by atoms with Crippen LogP contribution in [0.4, 0.5) is 4.39 Å². The first kappa shape index (κ1) is 29.1. The summed E-state index contributed by atoms with van der Waals surface area (Å²) in [4.78, 5) is 15.5. The summed E-state index contributed by atoms with van der Waals surface area (Å²) < 4.78 is 71.5. The van der Waals surface area contributed by atoms with Gasteiger partial charge in [0, 0.05) is 17.5 Å². The molecule has 1 amide bonds. The lowest BCUT2D eigenvalue weighted by Crippen LogP contribution is -2.53. The van der Waals surface area contributed by atoms with Crippen molar-refractivity contribution in [3.8, 4) is 5.75 Å². The highest BCUT2D eigenvalue weighted by Crippen LogP contribution is 2.53. The zero-order valence-electron chi connectivity index (χ0n) is 22.8. The fourth-order valence-electron chi connectivity index (χ4n) is 6.85. The van der Waals surface area contributed by atoms with Crippen molar-refractivity contribution in [2.24, 2.45) is 5.92 Å². The lowest BCUT2D eigenvalue weighted by atomic mass is 9.78. The van der Waals surface area contributed by atoms with E-state index in [1.807, 2.05) is 24.3 Å². The van der Waals surface area contributed by atoms with Gasteiger partial charge in [0.05, 0.1) is 22.4 Å². The molecule has 0 aromatic heterocycles. The smallest absolute Gasteiger partial charge is 0.226 e. The molecule has 2 atom stereocenters. The molecule has 7 nitrogen and oxygen atoms in total. The van der Waals surface area contributed by atoms with Crippen LogP contribution in [0.1, 0.15) is 42.4 Å². The van der Waals surface area contributed by atoms with E-state index in [4.69, 9.17) is 16.3 Å². The first-order valence-corrected chi connectivity index (χ1v) is 17.7. The molecule has 1 aliphatic carbocycles. The molecule has 0 N–H and O–H groups in total. The summed E-state index contributed by atoms with van der Waals surface area (Å²) in [5.74, 6) is -0.666. The van der Waals surface area contributed by atoms with Crippen molar-refractivity contribution in [1.82, 2.24) is 4.90 Å².